The molecule has 20 heavy (non-hydrogen) atoms. The highest BCUT2D eigenvalue weighted by molar-refractivity contribution is 9.10. The molecule has 2 aromatic rings. The molecule has 0 atom stereocenters. The minimum Gasteiger partial charge on any atom is -0.369 e. The zero-order valence-corrected chi connectivity index (χ0v) is 14.3. The van der Waals surface area contributed by atoms with E-state index >= 15 is 0 Å². The average Bonchev–Trinajstić information content (AvgIpc) is 2.43. The summed E-state index contributed by atoms with van der Waals surface area (Å²) in [5.74, 6) is 2.51. The summed E-state index contributed by atoms with van der Waals surface area (Å²) >= 11 is 5.30. The number of nitrogens with zero attached hydrogens (tertiary/aromatic N) is 2. The molecule has 3 nitrogen and oxygen atoms in total. The van der Waals surface area contributed by atoms with Gasteiger partial charge in [-0.05, 0) is 48.3 Å². The van der Waals surface area contributed by atoms with Crippen molar-refractivity contribution in [3.05, 3.63) is 45.8 Å². The Kier molecular flexibility index (Phi) is 5.43. The van der Waals surface area contributed by atoms with Gasteiger partial charge in [-0.15, -0.1) is 11.8 Å². The summed E-state index contributed by atoms with van der Waals surface area (Å²) in [6, 6.07) is 8.38. The molecule has 0 radical (unpaired) electrons. The lowest BCUT2D eigenvalue weighted by molar-refractivity contribution is 0.974. The van der Waals surface area contributed by atoms with Gasteiger partial charge in [-0.3, -0.25) is 0 Å². The Morgan fingerprint density at radius 2 is 1.95 bits per heavy atom. The van der Waals surface area contributed by atoms with Crippen LogP contribution in [0.25, 0.3) is 0 Å². The van der Waals surface area contributed by atoms with Crippen molar-refractivity contribution >= 4 is 33.5 Å². The Balaban J connectivity index is 2.16. The smallest absolute Gasteiger partial charge is 0.144 e. The standard InChI is InChI=1S/C15H18BrN3S/c1-4-17-15-14(16)11(3)18-13(19-15)9-20-12-8-6-5-7-10(12)2/h5-8H,4,9H2,1-3H3,(H,17,18,19). The predicted octanol–water partition coefficient (Wildman–Crippen LogP) is 4.58. The van der Waals surface area contributed by atoms with Crippen molar-refractivity contribution in [2.45, 2.75) is 31.4 Å². The van der Waals surface area contributed by atoms with Crippen LogP contribution in [0.2, 0.25) is 0 Å². The molecule has 1 N–H and O–H groups in total. The third-order valence-electron chi connectivity index (χ3n) is 2.86. The normalized spacial score (nSPS) is 10.6. The molecule has 0 aliphatic rings. The Hall–Kier alpha value is -1.07. The highest BCUT2D eigenvalue weighted by atomic mass is 79.9. The second kappa shape index (κ2) is 7.09. The maximum Gasteiger partial charge on any atom is 0.144 e. The van der Waals surface area contributed by atoms with Gasteiger partial charge in [0.25, 0.3) is 0 Å². The zero-order valence-electron chi connectivity index (χ0n) is 11.9. The van der Waals surface area contributed by atoms with Gasteiger partial charge in [0.1, 0.15) is 11.6 Å². The summed E-state index contributed by atoms with van der Waals surface area (Å²) in [5.41, 5.74) is 2.26. The van der Waals surface area contributed by atoms with Gasteiger partial charge < -0.3 is 5.32 Å². The van der Waals surface area contributed by atoms with Crippen molar-refractivity contribution in [3.8, 4) is 0 Å². The number of aromatic nitrogens is 2. The van der Waals surface area contributed by atoms with Crippen LogP contribution in [-0.2, 0) is 5.75 Å². The molecule has 1 aromatic heterocycles. The molecule has 0 saturated heterocycles. The van der Waals surface area contributed by atoms with Crippen molar-refractivity contribution in [2.75, 3.05) is 11.9 Å². The molecule has 0 aliphatic carbocycles. The maximum absolute atomic E-state index is 4.58. The first-order chi connectivity index (χ1) is 9.61. The van der Waals surface area contributed by atoms with E-state index in [1.807, 2.05) is 6.92 Å². The third kappa shape index (κ3) is 3.73. The summed E-state index contributed by atoms with van der Waals surface area (Å²) < 4.78 is 0.948. The topological polar surface area (TPSA) is 37.8 Å². The molecule has 0 amide bonds. The fourth-order valence-corrected chi connectivity index (χ4v) is 3.03. The van der Waals surface area contributed by atoms with Gasteiger partial charge in [0, 0.05) is 11.4 Å². The number of anilines is 1. The summed E-state index contributed by atoms with van der Waals surface area (Å²) in [4.78, 5) is 10.4. The first-order valence-corrected chi connectivity index (χ1v) is 8.35. The first kappa shape index (κ1) is 15.3. The first-order valence-electron chi connectivity index (χ1n) is 6.57. The van der Waals surface area contributed by atoms with Crippen molar-refractivity contribution in [1.29, 1.82) is 0 Å². The van der Waals surface area contributed by atoms with Crippen LogP contribution in [0.3, 0.4) is 0 Å². The second-order valence-corrected chi connectivity index (χ2v) is 6.28. The van der Waals surface area contributed by atoms with Crippen LogP contribution in [0.1, 0.15) is 24.0 Å². The number of benzene rings is 1. The SMILES string of the molecule is CCNc1nc(CSc2ccccc2C)nc(C)c1Br. The van der Waals surface area contributed by atoms with Crippen LogP contribution in [0, 0.1) is 13.8 Å². The Labute approximate surface area is 132 Å². The van der Waals surface area contributed by atoms with Gasteiger partial charge in [0.15, 0.2) is 0 Å². The molecule has 0 fully saturated rings. The minimum atomic E-state index is 0.775. The fourth-order valence-electron chi connectivity index (χ4n) is 1.83. The van der Waals surface area contributed by atoms with Gasteiger partial charge >= 0.3 is 0 Å². The van der Waals surface area contributed by atoms with E-state index in [9.17, 15) is 0 Å². The molecule has 106 valence electrons. The molecule has 2 rings (SSSR count). The molecule has 0 unspecified atom stereocenters. The van der Waals surface area contributed by atoms with Gasteiger partial charge in [0.2, 0.25) is 0 Å². The molecule has 1 aromatic carbocycles. The number of hydrogen-bond acceptors (Lipinski definition) is 4. The van der Waals surface area contributed by atoms with Gasteiger partial charge in [-0.1, -0.05) is 18.2 Å². The van der Waals surface area contributed by atoms with Crippen LogP contribution >= 0.6 is 27.7 Å². The van der Waals surface area contributed by atoms with E-state index in [1.165, 1.54) is 10.5 Å². The van der Waals surface area contributed by atoms with E-state index in [-0.39, 0.29) is 0 Å². The van der Waals surface area contributed by atoms with Crippen LogP contribution in [0.5, 0.6) is 0 Å². The van der Waals surface area contributed by atoms with Crippen molar-refractivity contribution in [2.24, 2.45) is 0 Å². The van der Waals surface area contributed by atoms with Crippen molar-refractivity contribution < 1.29 is 0 Å². The number of thioether (sulfide) groups is 1. The average molecular weight is 352 g/mol. The number of halogens is 1. The van der Waals surface area contributed by atoms with Gasteiger partial charge in [-0.25, -0.2) is 9.97 Å². The quantitative estimate of drug-likeness (QED) is 0.800. The summed E-state index contributed by atoms with van der Waals surface area (Å²) in [7, 11) is 0. The summed E-state index contributed by atoms with van der Waals surface area (Å²) in [6.45, 7) is 7.03. The lowest BCUT2D eigenvalue weighted by atomic mass is 10.2. The van der Waals surface area contributed by atoms with Crippen LogP contribution in [0.15, 0.2) is 33.6 Å². The number of rotatable bonds is 5. The van der Waals surface area contributed by atoms with E-state index < -0.39 is 0 Å². The molecular formula is C15H18BrN3S. The Bertz CT molecular complexity index is 602. The Morgan fingerprint density at radius 1 is 1.20 bits per heavy atom. The molecule has 5 heteroatoms. The summed E-state index contributed by atoms with van der Waals surface area (Å²) in [6.07, 6.45) is 0. The van der Waals surface area contributed by atoms with Crippen LogP contribution < -0.4 is 5.32 Å². The zero-order chi connectivity index (χ0) is 14.5. The molecule has 0 saturated carbocycles. The Morgan fingerprint density at radius 3 is 2.65 bits per heavy atom. The van der Waals surface area contributed by atoms with Crippen LogP contribution in [-0.4, -0.2) is 16.5 Å². The molecule has 0 aliphatic heterocycles. The number of aryl methyl sites for hydroxylation is 2. The highest BCUT2D eigenvalue weighted by Crippen LogP contribution is 2.27. The predicted molar refractivity (Wildman–Crippen MR) is 89.4 cm³/mol. The van der Waals surface area contributed by atoms with E-state index in [1.54, 1.807) is 11.8 Å². The van der Waals surface area contributed by atoms with Crippen LogP contribution in [0.4, 0.5) is 5.82 Å². The van der Waals surface area contributed by atoms with Gasteiger partial charge in [-0.2, -0.15) is 0 Å². The fraction of sp³-hybridized carbons (Fsp3) is 0.333. The summed E-state index contributed by atoms with van der Waals surface area (Å²) in [5, 5.41) is 3.26. The lowest BCUT2D eigenvalue weighted by Crippen LogP contribution is -2.06. The van der Waals surface area contributed by atoms with E-state index in [0.717, 1.165) is 34.1 Å². The van der Waals surface area contributed by atoms with E-state index in [0.29, 0.717) is 0 Å². The number of hydrogen-bond donors (Lipinski definition) is 1. The maximum atomic E-state index is 4.58. The molecule has 0 spiro atoms. The van der Waals surface area contributed by atoms with Gasteiger partial charge in [0.05, 0.1) is 15.9 Å². The molecule has 0 bridgehead atoms. The van der Waals surface area contributed by atoms with E-state index in [2.05, 4.69) is 69.3 Å². The second-order valence-electron chi connectivity index (χ2n) is 4.47. The third-order valence-corrected chi connectivity index (χ3v) is 4.98. The van der Waals surface area contributed by atoms with E-state index in [4.69, 9.17) is 0 Å². The lowest BCUT2D eigenvalue weighted by Gasteiger charge is -2.10. The van der Waals surface area contributed by atoms with Crippen molar-refractivity contribution in [3.63, 3.8) is 0 Å². The molecule has 1 heterocycles. The largest absolute Gasteiger partial charge is 0.369 e. The van der Waals surface area contributed by atoms with Crippen molar-refractivity contribution in [1.82, 2.24) is 9.97 Å². The monoisotopic (exact) mass is 351 g/mol. The molecular weight excluding hydrogens is 334 g/mol. The minimum absolute atomic E-state index is 0.775. The number of nitrogens with one attached hydrogen (secondary N) is 1. The highest BCUT2D eigenvalue weighted by Gasteiger charge is 2.09.